The molecule has 0 aromatic heterocycles. The van der Waals surface area contributed by atoms with Crippen molar-refractivity contribution in [1.29, 1.82) is 0 Å². The summed E-state index contributed by atoms with van der Waals surface area (Å²) in [5.41, 5.74) is 0.695. The third-order valence-corrected chi connectivity index (χ3v) is 3.06. The van der Waals surface area contributed by atoms with Gasteiger partial charge in [0.1, 0.15) is 5.75 Å². The van der Waals surface area contributed by atoms with Crippen molar-refractivity contribution in [3.63, 3.8) is 0 Å². The van der Waals surface area contributed by atoms with Crippen LogP contribution in [0, 0.1) is 0 Å². The number of urea groups is 1. The highest BCUT2D eigenvalue weighted by molar-refractivity contribution is 5.96. The van der Waals surface area contributed by atoms with E-state index in [9.17, 15) is 9.59 Å². The number of methoxy groups -OCH3 is 1. The van der Waals surface area contributed by atoms with Crippen molar-refractivity contribution in [1.82, 2.24) is 5.32 Å². The van der Waals surface area contributed by atoms with Gasteiger partial charge in [-0.15, -0.1) is 0 Å². The quantitative estimate of drug-likeness (QED) is 0.843. The first-order chi connectivity index (χ1) is 9.11. The van der Waals surface area contributed by atoms with Crippen molar-refractivity contribution in [2.75, 3.05) is 18.6 Å². The fourth-order valence-electron chi connectivity index (χ4n) is 2.12. The Morgan fingerprint density at radius 3 is 2.95 bits per heavy atom. The fourth-order valence-corrected chi connectivity index (χ4v) is 2.12. The van der Waals surface area contributed by atoms with E-state index in [1.54, 1.807) is 24.1 Å². The highest BCUT2D eigenvalue weighted by Crippen LogP contribution is 2.29. The van der Waals surface area contributed by atoms with E-state index >= 15 is 0 Å². The average molecular weight is 264 g/mol. The maximum Gasteiger partial charge on any atom is 0.322 e. The van der Waals surface area contributed by atoms with Crippen molar-refractivity contribution < 1.29 is 19.4 Å². The van der Waals surface area contributed by atoms with Crippen LogP contribution in [0.15, 0.2) is 24.3 Å². The Balaban J connectivity index is 2.09. The minimum Gasteiger partial charge on any atom is -0.495 e. The summed E-state index contributed by atoms with van der Waals surface area (Å²) in [5.74, 6) is -0.235. The van der Waals surface area contributed by atoms with Crippen LogP contribution >= 0.6 is 0 Å². The molecule has 1 fully saturated rings. The Bertz CT molecular complexity index is 489. The number of carboxylic acids is 1. The van der Waals surface area contributed by atoms with Gasteiger partial charge in [-0.2, -0.15) is 0 Å². The predicted molar refractivity (Wildman–Crippen MR) is 69.5 cm³/mol. The van der Waals surface area contributed by atoms with Crippen LogP contribution in [0.25, 0.3) is 0 Å². The number of benzene rings is 1. The van der Waals surface area contributed by atoms with Gasteiger partial charge in [0.2, 0.25) is 0 Å². The van der Waals surface area contributed by atoms with Crippen molar-refractivity contribution in [2.24, 2.45) is 0 Å². The smallest absolute Gasteiger partial charge is 0.322 e. The molecule has 102 valence electrons. The van der Waals surface area contributed by atoms with Crippen LogP contribution in [0.3, 0.4) is 0 Å². The van der Waals surface area contributed by atoms with Gasteiger partial charge in [0.25, 0.3) is 0 Å². The molecule has 0 bridgehead atoms. The number of para-hydroxylation sites is 2. The molecule has 0 aliphatic carbocycles. The topological polar surface area (TPSA) is 78.9 Å². The van der Waals surface area contributed by atoms with E-state index < -0.39 is 5.97 Å². The predicted octanol–water partition coefficient (Wildman–Crippen LogP) is 1.46. The molecule has 0 spiro atoms. The Morgan fingerprint density at radius 1 is 1.53 bits per heavy atom. The largest absolute Gasteiger partial charge is 0.495 e. The number of hydrogen-bond acceptors (Lipinski definition) is 3. The summed E-state index contributed by atoms with van der Waals surface area (Å²) in [7, 11) is 1.55. The summed E-state index contributed by atoms with van der Waals surface area (Å²) in [4.78, 5) is 24.0. The number of amides is 2. The number of ether oxygens (including phenoxy) is 1. The van der Waals surface area contributed by atoms with E-state index in [0.717, 1.165) is 0 Å². The van der Waals surface area contributed by atoms with Crippen LogP contribution in [0.2, 0.25) is 0 Å². The SMILES string of the molecule is COc1ccccc1N1CC(CCC(=O)O)NC1=O. The van der Waals surface area contributed by atoms with Crippen molar-refractivity contribution >= 4 is 17.7 Å². The van der Waals surface area contributed by atoms with Gasteiger partial charge in [-0.05, 0) is 18.6 Å². The third-order valence-electron chi connectivity index (χ3n) is 3.06. The van der Waals surface area contributed by atoms with Crippen LogP contribution in [0.1, 0.15) is 12.8 Å². The monoisotopic (exact) mass is 264 g/mol. The molecule has 1 unspecified atom stereocenters. The normalized spacial score (nSPS) is 18.3. The number of anilines is 1. The summed E-state index contributed by atoms with van der Waals surface area (Å²) in [6.45, 7) is 0.451. The van der Waals surface area contributed by atoms with Gasteiger partial charge in [0, 0.05) is 19.0 Å². The van der Waals surface area contributed by atoms with Crippen LogP contribution < -0.4 is 15.0 Å². The molecule has 1 aliphatic heterocycles. The molecular formula is C13H16N2O4. The highest BCUT2D eigenvalue weighted by Gasteiger charge is 2.31. The molecule has 6 nitrogen and oxygen atoms in total. The second kappa shape index (κ2) is 5.60. The summed E-state index contributed by atoms with van der Waals surface area (Å²) >= 11 is 0. The van der Waals surface area contributed by atoms with Crippen molar-refractivity contribution in [3.05, 3.63) is 24.3 Å². The van der Waals surface area contributed by atoms with Gasteiger partial charge in [-0.3, -0.25) is 9.69 Å². The number of hydrogen-bond donors (Lipinski definition) is 2. The zero-order valence-corrected chi connectivity index (χ0v) is 10.6. The number of carbonyl (C=O) groups is 2. The summed E-state index contributed by atoms with van der Waals surface area (Å²) in [6.07, 6.45) is 0.470. The number of nitrogens with one attached hydrogen (secondary N) is 1. The lowest BCUT2D eigenvalue weighted by atomic mass is 10.1. The van der Waals surface area contributed by atoms with Crippen LogP contribution in [0.5, 0.6) is 5.75 Å². The van der Waals surface area contributed by atoms with Gasteiger partial charge < -0.3 is 15.2 Å². The second-order valence-electron chi connectivity index (χ2n) is 4.36. The van der Waals surface area contributed by atoms with Gasteiger partial charge in [-0.1, -0.05) is 12.1 Å². The molecule has 19 heavy (non-hydrogen) atoms. The molecular weight excluding hydrogens is 248 g/mol. The highest BCUT2D eigenvalue weighted by atomic mass is 16.5. The zero-order chi connectivity index (χ0) is 13.8. The molecule has 1 aromatic carbocycles. The summed E-state index contributed by atoms with van der Waals surface area (Å²) in [5, 5.41) is 11.4. The number of aliphatic carboxylic acids is 1. The molecule has 1 saturated heterocycles. The first-order valence-corrected chi connectivity index (χ1v) is 6.04. The van der Waals surface area contributed by atoms with E-state index in [2.05, 4.69) is 5.32 Å². The second-order valence-corrected chi connectivity index (χ2v) is 4.36. The Hall–Kier alpha value is -2.24. The minimum absolute atomic E-state index is 0.0463. The van der Waals surface area contributed by atoms with E-state index in [1.807, 2.05) is 12.1 Å². The first-order valence-electron chi connectivity index (χ1n) is 6.04. The Kier molecular flexibility index (Phi) is 3.89. The van der Waals surface area contributed by atoms with Gasteiger partial charge >= 0.3 is 12.0 Å². The molecule has 6 heteroatoms. The number of rotatable bonds is 5. The Morgan fingerprint density at radius 2 is 2.26 bits per heavy atom. The molecule has 2 amide bonds. The van der Waals surface area contributed by atoms with E-state index in [0.29, 0.717) is 24.4 Å². The minimum atomic E-state index is -0.856. The molecule has 2 N–H and O–H groups in total. The maximum atomic E-state index is 11.9. The lowest BCUT2D eigenvalue weighted by Gasteiger charge is -2.17. The van der Waals surface area contributed by atoms with E-state index in [4.69, 9.17) is 9.84 Å². The summed E-state index contributed by atoms with van der Waals surface area (Å²) < 4.78 is 5.22. The molecule has 1 heterocycles. The molecule has 1 aliphatic rings. The molecule has 1 atom stereocenters. The molecule has 1 aromatic rings. The van der Waals surface area contributed by atoms with Gasteiger partial charge in [0.05, 0.1) is 12.8 Å². The lowest BCUT2D eigenvalue weighted by molar-refractivity contribution is -0.137. The Labute approximate surface area is 111 Å². The lowest BCUT2D eigenvalue weighted by Crippen LogP contribution is -2.28. The number of carbonyl (C=O) groups excluding carboxylic acids is 1. The van der Waals surface area contributed by atoms with E-state index in [1.165, 1.54) is 0 Å². The fraction of sp³-hybridized carbons (Fsp3) is 0.385. The van der Waals surface area contributed by atoms with Crippen molar-refractivity contribution in [2.45, 2.75) is 18.9 Å². The zero-order valence-electron chi connectivity index (χ0n) is 10.6. The summed E-state index contributed by atoms with van der Waals surface area (Å²) in [6, 6.07) is 6.88. The van der Waals surface area contributed by atoms with Gasteiger partial charge in [-0.25, -0.2) is 4.79 Å². The average Bonchev–Trinajstić information content (AvgIpc) is 2.77. The molecule has 0 saturated carbocycles. The van der Waals surface area contributed by atoms with E-state index in [-0.39, 0.29) is 18.5 Å². The molecule has 2 rings (SSSR count). The van der Waals surface area contributed by atoms with Crippen LogP contribution in [0.4, 0.5) is 10.5 Å². The number of carboxylic acid groups (broad SMARTS) is 1. The van der Waals surface area contributed by atoms with Crippen LogP contribution in [-0.4, -0.2) is 36.8 Å². The van der Waals surface area contributed by atoms with Crippen LogP contribution in [-0.2, 0) is 4.79 Å². The van der Waals surface area contributed by atoms with Gasteiger partial charge in [0.15, 0.2) is 0 Å². The molecule has 0 radical (unpaired) electrons. The third kappa shape index (κ3) is 2.96. The number of nitrogens with zero attached hydrogens (tertiary/aromatic N) is 1. The first kappa shape index (κ1) is 13.2. The standard InChI is InChI=1S/C13H16N2O4/c1-19-11-5-3-2-4-10(11)15-8-9(14-13(15)18)6-7-12(16)17/h2-5,9H,6-8H2,1H3,(H,14,18)(H,16,17). The van der Waals surface area contributed by atoms with Crippen molar-refractivity contribution in [3.8, 4) is 5.75 Å². The maximum absolute atomic E-state index is 11.9.